The van der Waals surface area contributed by atoms with Crippen LogP contribution in [0.3, 0.4) is 0 Å². The SMILES string of the molecule is CCS(=O)(=O)NCCc1ccc(S(=O)(=O)N2CCNCC2)s1.Cl. The predicted molar refractivity (Wildman–Crippen MR) is 94.4 cm³/mol. The molecule has 0 spiro atoms. The smallest absolute Gasteiger partial charge is 0.252 e. The minimum Gasteiger partial charge on any atom is -0.314 e. The lowest BCUT2D eigenvalue weighted by Crippen LogP contribution is -2.46. The molecule has 0 bridgehead atoms. The molecule has 23 heavy (non-hydrogen) atoms. The van der Waals surface area contributed by atoms with Crippen LogP contribution in [-0.2, 0) is 26.5 Å². The van der Waals surface area contributed by atoms with E-state index in [0.29, 0.717) is 36.8 Å². The van der Waals surface area contributed by atoms with Crippen LogP contribution in [0.1, 0.15) is 11.8 Å². The van der Waals surface area contributed by atoms with Crippen LogP contribution in [0, 0.1) is 0 Å². The average molecular weight is 404 g/mol. The van der Waals surface area contributed by atoms with Gasteiger partial charge >= 0.3 is 0 Å². The van der Waals surface area contributed by atoms with Crippen LogP contribution >= 0.6 is 23.7 Å². The summed E-state index contributed by atoms with van der Waals surface area (Å²) in [6.45, 7) is 4.14. The molecule has 1 saturated heterocycles. The summed E-state index contributed by atoms with van der Waals surface area (Å²) >= 11 is 1.21. The number of piperazine rings is 1. The molecule has 1 aliphatic rings. The van der Waals surface area contributed by atoms with Gasteiger partial charge in [-0.3, -0.25) is 0 Å². The summed E-state index contributed by atoms with van der Waals surface area (Å²) in [5.41, 5.74) is 0. The van der Waals surface area contributed by atoms with E-state index in [2.05, 4.69) is 10.0 Å². The van der Waals surface area contributed by atoms with E-state index in [-0.39, 0.29) is 24.7 Å². The van der Waals surface area contributed by atoms with Crippen LogP contribution < -0.4 is 10.0 Å². The minimum atomic E-state index is -3.43. The van der Waals surface area contributed by atoms with Gasteiger partial charge in [0.15, 0.2) is 0 Å². The lowest BCUT2D eigenvalue weighted by Gasteiger charge is -2.25. The van der Waals surface area contributed by atoms with Crippen LogP contribution in [0.25, 0.3) is 0 Å². The standard InChI is InChI=1S/C12H21N3O4S3.ClH/c1-2-21(16,17)14-6-5-11-3-4-12(20-11)22(18,19)15-9-7-13-8-10-15;/h3-4,13-14H,2,5-10H2,1H3;1H. The topological polar surface area (TPSA) is 95.6 Å². The summed E-state index contributed by atoms with van der Waals surface area (Å²) in [6.07, 6.45) is 0.487. The van der Waals surface area contributed by atoms with Gasteiger partial charge in [-0.05, 0) is 25.5 Å². The first-order valence-corrected chi connectivity index (χ1v) is 11.0. The van der Waals surface area contributed by atoms with E-state index in [1.54, 1.807) is 19.1 Å². The van der Waals surface area contributed by atoms with E-state index in [0.717, 1.165) is 4.88 Å². The zero-order chi connectivity index (χ0) is 16.2. The van der Waals surface area contributed by atoms with Crippen LogP contribution in [-0.4, -0.2) is 59.6 Å². The van der Waals surface area contributed by atoms with Crippen molar-refractivity contribution in [2.24, 2.45) is 0 Å². The Morgan fingerprint density at radius 1 is 1.22 bits per heavy atom. The molecule has 0 aliphatic carbocycles. The summed E-state index contributed by atoms with van der Waals surface area (Å²) in [7, 11) is -6.63. The molecular weight excluding hydrogens is 382 g/mol. The van der Waals surface area contributed by atoms with E-state index in [1.165, 1.54) is 15.6 Å². The Kier molecular flexibility index (Phi) is 7.91. The highest BCUT2D eigenvalue weighted by Gasteiger charge is 2.27. The summed E-state index contributed by atoms with van der Waals surface area (Å²) in [5, 5.41) is 3.12. The Bertz CT molecular complexity index is 697. The number of nitrogens with one attached hydrogen (secondary N) is 2. The molecule has 1 aromatic rings. The van der Waals surface area contributed by atoms with Crippen LogP contribution in [0.5, 0.6) is 0 Å². The van der Waals surface area contributed by atoms with Crippen molar-refractivity contribution < 1.29 is 16.8 Å². The molecule has 0 radical (unpaired) electrons. The van der Waals surface area contributed by atoms with Gasteiger partial charge in [0.25, 0.3) is 10.0 Å². The zero-order valence-corrected chi connectivity index (χ0v) is 16.1. The first-order valence-electron chi connectivity index (χ1n) is 7.12. The number of nitrogens with zero attached hydrogens (tertiary/aromatic N) is 1. The molecule has 1 fully saturated rings. The van der Waals surface area contributed by atoms with Gasteiger partial charge in [-0.2, -0.15) is 4.31 Å². The Hall–Kier alpha value is -0.230. The third-order valence-corrected chi connectivity index (χ3v) is 8.30. The maximum absolute atomic E-state index is 12.5. The molecule has 0 aromatic carbocycles. The number of rotatable bonds is 7. The van der Waals surface area contributed by atoms with Crippen LogP contribution in [0.4, 0.5) is 0 Å². The van der Waals surface area contributed by atoms with Gasteiger partial charge in [-0.25, -0.2) is 21.6 Å². The molecule has 2 heterocycles. The molecule has 0 atom stereocenters. The normalized spacial score (nSPS) is 16.9. The summed E-state index contributed by atoms with van der Waals surface area (Å²) < 4.78 is 51.9. The zero-order valence-electron chi connectivity index (χ0n) is 12.8. The number of sulfonamides is 2. The fourth-order valence-corrected chi connectivity index (χ4v) is 5.64. The number of hydrogen-bond donors (Lipinski definition) is 2. The summed E-state index contributed by atoms with van der Waals surface area (Å²) in [4.78, 5) is 0.854. The van der Waals surface area contributed by atoms with Crippen LogP contribution in [0.2, 0.25) is 0 Å². The second kappa shape index (κ2) is 8.75. The maximum Gasteiger partial charge on any atom is 0.252 e. The highest BCUT2D eigenvalue weighted by molar-refractivity contribution is 7.91. The van der Waals surface area contributed by atoms with Crippen molar-refractivity contribution in [1.29, 1.82) is 0 Å². The third-order valence-electron chi connectivity index (χ3n) is 3.38. The fourth-order valence-electron chi connectivity index (χ4n) is 2.07. The first kappa shape index (κ1) is 20.8. The molecule has 0 unspecified atom stereocenters. The molecule has 0 amide bonds. The van der Waals surface area contributed by atoms with Gasteiger partial charge < -0.3 is 5.32 Å². The van der Waals surface area contributed by atoms with E-state index in [9.17, 15) is 16.8 Å². The Morgan fingerprint density at radius 2 is 1.87 bits per heavy atom. The molecular formula is C12H22ClN3O4S3. The van der Waals surface area contributed by atoms with Crippen molar-refractivity contribution in [3.05, 3.63) is 17.0 Å². The van der Waals surface area contributed by atoms with Gasteiger partial charge in [0.1, 0.15) is 4.21 Å². The Morgan fingerprint density at radius 3 is 2.48 bits per heavy atom. The van der Waals surface area contributed by atoms with Gasteiger partial charge in [0.2, 0.25) is 10.0 Å². The predicted octanol–water partition coefficient (Wildman–Crippen LogP) is 0.246. The van der Waals surface area contributed by atoms with Crippen LogP contribution in [0.15, 0.2) is 16.3 Å². The van der Waals surface area contributed by atoms with Crippen molar-refractivity contribution in [3.8, 4) is 0 Å². The molecule has 11 heteroatoms. The van der Waals surface area contributed by atoms with Crippen molar-refractivity contribution in [2.75, 3.05) is 38.5 Å². The third kappa shape index (κ3) is 5.66. The number of halogens is 1. The molecule has 0 saturated carbocycles. The Balaban J connectivity index is 0.00000264. The largest absolute Gasteiger partial charge is 0.314 e. The van der Waals surface area contributed by atoms with Crippen molar-refractivity contribution >= 4 is 43.8 Å². The van der Waals surface area contributed by atoms with Gasteiger partial charge in [-0.1, -0.05) is 0 Å². The van der Waals surface area contributed by atoms with E-state index < -0.39 is 20.0 Å². The molecule has 134 valence electrons. The molecule has 7 nitrogen and oxygen atoms in total. The molecule has 1 aliphatic heterocycles. The van der Waals surface area contributed by atoms with E-state index >= 15 is 0 Å². The second-order valence-corrected chi connectivity index (χ2v) is 10.4. The lowest BCUT2D eigenvalue weighted by atomic mass is 10.3. The quantitative estimate of drug-likeness (QED) is 0.680. The van der Waals surface area contributed by atoms with Crippen molar-refractivity contribution in [1.82, 2.24) is 14.3 Å². The van der Waals surface area contributed by atoms with Gasteiger partial charge in [-0.15, -0.1) is 23.7 Å². The summed E-state index contributed by atoms with van der Waals surface area (Å²) in [5.74, 6) is 0.0417. The first-order chi connectivity index (χ1) is 10.3. The highest BCUT2D eigenvalue weighted by Crippen LogP contribution is 2.25. The Labute approximate surface area is 148 Å². The van der Waals surface area contributed by atoms with Gasteiger partial charge in [0.05, 0.1) is 5.75 Å². The van der Waals surface area contributed by atoms with E-state index in [4.69, 9.17) is 0 Å². The number of hydrogen-bond acceptors (Lipinski definition) is 6. The second-order valence-electron chi connectivity index (χ2n) is 4.92. The molecule has 2 N–H and O–H groups in total. The number of thiophene rings is 1. The molecule has 1 aromatic heterocycles. The highest BCUT2D eigenvalue weighted by atomic mass is 35.5. The average Bonchev–Trinajstić information content (AvgIpc) is 2.97. The molecule has 2 rings (SSSR count). The van der Waals surface area contributed by atoms with E-state index in [1.807, 2.05) is 0 Å². The minimum absolute atomic E-state index is 0. The van der Waals surface area contributed by atoms with Crippen molar-refractivity contribution in [2.45, 2.75) is 17.6 Å². The lowest BCUT2D eigenvalue weighted by molar-refractivity contribution is 0.361. The summed E-state index contributed by atoms with van der Waals surface area (Å²) in [6, 6.07) is 3.35. The van der Waals surface area contributed by atoms with Crippen molar-refractivity contribution in [3.63, 3.8) is 0 Å². The fraction of sp³-hybridized carbons (Fsp3) is 0.667. The van der Waals surface area contributed by atoms with Gasteiger partial charge in [0, 0.05) is 37.6 Å². The maximum atomic E-state index is 12.5. The monoisotopic (exact) mass is 403 g/mol.